The monoisotopic (exact) mass is 470 g/mol. The van der Waals surface area contributed by atoms with E-state index in [9.17, 15) is 14.7 Å². The molecule has 0 saturated carbocycles. The number of ketones is 1. The molecule has 1 aliphatic heterocycles. The van der Waals surface area contributed by atoms with Gasteiger partial charge in [-0.1, -0.05) is 48.0 Å². The van der Waals surface area contributed by atoms with Crippen molar-refractivity contribution in [1.82, 2.24) is 4.57 Å². The van der Waals surface area contributed by atoms with Gasteiger partial charge in [-0.3, -0.25) is 14.5 Å². The van der Waals surface area contributed by atoms with Crippen LogP contribution in [0.4, 0.5) is 5.69 Å². The van der Waals surface area contributed by atoms with E-state index in [1.807, 2.05) is 74.1 Å². The van der Waals surface area contributed by atoms with Crippen LogP contribution in [0.15, 0.2) is 78.5 Å². The number of aryl methyl sites for hydroxylation is 3. The van der Waals surface area contributed by atoms with Crippen LogP contribution < -0.4 is 4.90 Å². The Labute approximate surface area is 202 Å². The number of Topliss-reactive ketones (excluding diaryl/α,β-unsaturated/α-hetero) is 1. The van der Waals surface area contributed by atoms with E-state index in [1.165, 1.54) is 4.90 Å². The summed E-state index contributed by atoms with van der Waals surface area (Å²) in [5.74, 6) is -1.65. The van der Waals surface area contributed by atoms with E-state index < -0.39 is 17.7 Å². The minimum atomic E-state index is -0.800. The number of anilines is 1. The molecule has 1 N–H and O–H groups in total. The standard InChI is InChI=1S/C28H23ClN2O3/c1-16-11-17(2)13-20(12-16)31-25(22-15-30(3)23-10-5-4-9-21(22)23)24(27(33)28(31)34)26(32)18-7-6-8-19(29)14-18/h4-15,25,32H,1-3H3/b26-24+. The average molecular weight is 471 g/mol. The van der Waals surface area contributed by atoms with Gasteiger partial charge in [-0.2, -0.15) is 0 Å². The maximum atomic E-state index is 13.5. The Morgan fingerprint density at radius 3 is 2.35 bits per heavy atom. The number of hydrogen-bond acceptors (Lipinski definition) is 3. The van der Waals surface area contributed by atoms with E-state index in [0.717, 1.165) is 27.6 Å². The molecule has 1 fully saturated rings. The average Bonchev–Trinajstić information content (AvgIpc) is 3.26. The topological polar surface area (TPSA) is 62.5 Å². The Bertz CT molecular complexity index is 1500. The van der Waals surface area contributed by atoms with Crippen molar-refractivity contribution in [2.24, 2.45) is 7.05 Å². The number of fused-ring (bicyclic) bond motifs is 1. The molecule has 1 unspecified atom stereocenters. The zero-order valence-corrected chi connectivity index (χ0v) is 19.8. The van der Waals surface area contributed by atoms with Crippen molar-refractivity contribution in [3.63, 3.8) is 0 Å². The first-order chi connectivity index (χ1) is 16.3. The largest absolute Gasteiger partial charge is 0.507 e. The lowest BCUT2D eigenvalue weighted by Crippen LogP contribution is -2.29. The van der Waals surface area contributed by atoms with Crippen molar-refractivity contribution in [2.45, 2.75) is 19.9 Å². The Morgan fingerprint density at radius 2 is 1.65 bits per heavy atom. The summed E-state index contributed by atoms with van der Waals surface area (Å²) in [6, 6.07) is 19.4. The molecular formula is C28H23ClN2O3. The van der Waals surface area contributed by atoms with Gasteiger partial charge in [0.2, 0.25) is 0 Å². The molecule has 1 aromatic heterocycles. The fraction of sp³-hybridized carbons (Fsp3) is 0.143. The quantitative estimate of drug-likeness (QED) is 0.224. The number of amides is 1. The van der Waals surface area contributed by atoms with Gasteiger partial charge in [0.15, 0.2) is 0 Å². The number of halogens is 1. The highest BCUT2D eigenvalue weighted by Crippen LogP contribution is 2.45. The molecular weight excluding hydrogens is 448 g/mol. The molecule has 1 aliphatic rings. The summed E-state index contributed by atoms with van der Waals surface area (Å²) in [6.07, 6.45) is 1.92. The van der Waals surface area contributed by atoms with Crippen LogP contribution in [0.2, 0.25) is 5.02 Å². The molecule has 34 heavy (non-hydrogen) atoms. The molecule has 0 spiro atoms. The van der Waals surface area contributed by atoms with Gasteiger partial charge >= 0.3 is 0 Å². The Morgan fingerprint density at radius 1 is 0.941 bits per heavy atom. The summed E-state index contributed by atoms with van der Waals surface area (Å²) in [6.45, 7) is 3.90. The molecule has 170 valence electrons. The lowest BCUT2D eigenvalue weighted by molar-refractivity contribution is -0.132. The van der Waals surface area contributed by atoms with Crippen molar-refractivity contribution in [3.05, 3.63) is 106 Å². The Hall–Kier alpha value is -3.83. The SMILES string of the molecule is Cc1cc(C)cc(N2C(=O)C(=O)/C(=C(/O)c3cccc(Cl)c3)C2c2cn(C)c3ccccc23)c1. The molecule has 0 radical (unpaired) electrons. The molecule has 1 amide bonds. The zero-order chi connectivity index (χ0) is 24.1. The van der Waals surface area contributed by atoms with E-state index in [1.54, 1.807) is 24.3 Å². The van der Waals surface area contributed by atoms with Crippen molar-refractivity contribution in [3.8, 4) is 0 Å². The van der Waals surface area contributed by atoms with E-state index >= 15 is 0 Å². The molecule has 4 aromatic rings. The minimum absolute atomic E-state index is 0.0442. The van der Waals surface area contributed by atoms with Gasteiger partial charge in [0.25, 0.3) is 11.7 Å². The van der Waals surface area contributed by atoms with E-state index in [-0.39, 0.29) is 11.3 Å². The lowest BCUT2D eigenvalue weighted by Gasteiger charge is -2.25. The third kappa shape index (κ3) is 3.49. The van der Waals surface area contributed by atoms with Crippen molar-refractivity contribution < 1.29 is 14.7 Å². The van der Waals surface area contributed by atoms with Crippen LogP contribution in [0.5, 0.6) is 0 Å². The van der Waals surface area contributed by atoms with E-state index in [4.69, 9.17) is 11.6 Å². The van der Waals surface area contributed by atoms with Crippen LogP contribution in [-0.2, 0) is 16.6 Å². The van der Waals surface area contributed by atoms with Crippen molar-refractivity contribution in [1.29, 1.82) is 0 Å². The van der Waals surface area contributed by atoms with Crippen molar-refractivity contribution in [2.75, 3.05) is 4.90 Å². The minimum Gasteiger partial charge on any atom is -0.507 e. The van der Waals surface area contributed by atoms with Gasteiger partial charge < -0.3 is 9.67 Å². The predicted octanol–water partition coefficient (Wildman–Crippen LogP) is 6.07. The van der Waals surface area contributed by atoms with Gasteiger partial charge in [0, 0.05) is 46.0 Å². The second-order valence-electron chi connectivity index (χ2n) is 8.74. The first-order valence-electron chi connectivity index (χ1n) is 11.0. The van der Waals surface area contributed by atoms with Gasteiger partial charge in [-0.25, -0.2) is 0 Å². The van der Waals surface area contributed by atoms with E-state index in [2.05, 4.69) is 0 Å². The summed E-state index contributed by atoms with van der Waals surface area (Å²) >= 11 is 6.16. The molecule has 5 nitrogen and oxygen atoms in total. The maximum Gasteiger partial charge on any atom is 0.300 e. The number of aliphatic hydroxyl groups excluding tert-OH is 1. The second kappa shape index (κ2) is 8.19. The van der Waals surface area contributed by atoms with Gasteiger partial charge in [0.05, 0.1) is 11.6 Å². The highest BCUT2D eigenvalue weighted by Gasteiger charge is 2.48. The normalized spacial score (nSPS) is 17.6. The fourth-order valence-corrected chi connectivity index (χ4v) is 5.06. The molecule has 0 aliphatic carbocycles. The predicted molar refractivity (Wildman–Crippen MR) is 135 cm³/mol. The van der Waals surface area contributed by atoms with Crippen LogP contribution in [0.3, 0.4) is 0 Å². The fourth-order valence-electron chi connectivity index (χ4n) is 4.87. The molecule has 5 rings (SSSR count). The number of carbonyl (C=O) groups excluding carboxylic acids is 2. The smallest absolute Gasteiger partial charge is 0.300 e. The number of nitrogens with zero attached hydrogens (tertiary/aromatic N) is 2. The Balaban J connectivity index is 1.83. The highest BCUT2D eigenvalue weighted by molar-refractivity contribution is 6.52. The molecule has 1 atom stereocenters. The summed E-state index contributed by atoms with van der Waals surface area (Å²) in [4.78, 5) is 28.4. The highest BCUT2D eigenvalue weighted by atomic mass is 35.5. The Kier molecular flexibility index (Phi) is 5.29. The maximum absolute atomic E-state index is 13.5. The first-order valence-corrected chi connectivity index (χ1v) is 11.3. The summed E-state index contributed by atoms with van der Waals surface area (Å²) in [5, 5.41) is 12.7. The molecule has 1 saturated heterocycles. The van der Waals surface area contributed by atoms with Crippen LogP contribution in [0, 0.1) is 13.8 Å². The number of rotatable bonds is 3. The summed E-state index contributed by atoms with van der Waals surface area (Å²) in [5.41, 5.74) is 4.72. The molecule has 3 aromatic carbocycles. The number of carbonyl (C=O) groups is 2. The number of aromatic nitrogens is 1. The zero-order valence-electron chi connectivity index (χ0n) is 19.0. The number of para-hydroxylation sites is 1. The van der Waals surface area contributed by atoms with Crippen molar-refractivity contribution >= 4 is 45.6 Å². The second-order valence-corrected chi connectivity index (χ2v) is 9.17. The van der Waals surface area contributed by atoms with Gasteiger partial charge in [-0.15, -0.1) is 0 Å². The lowest BCUT2D eigenvalue weighted by atomic mass is 9.94. The third-order valence-corrected chi connectivity index (χ3v) is 6.48. The number of hydrogen-bond donors (Lipinski definition) is 1. The number of aliphatic hydroxyl groups is 1. The van der Waals surface area contributed by atoms with Crippen LogP contribution in [0.1, 0.15) is 28.3 Å². The third-order valence-electron chi connectivity index (χ3n) is 6.25. The molecule has 2 heterocycles. The summed E-state index contributed by atoms with van der Waals surface area (Å²) in [7, 11) is 1.92. The van der Waals surface area contributed by atoms with Gasteiger partial charge in [-0.05, 0) is 55.3 Å². The molecule has 6 heteroatoms. The van der Waals surface area contributed by atoms with E-state index in [0.29, 0.717) is 16.3 Å². The summed E-state index contributed by atoms with van der Waals surface area (Å²) < 4.78 is 1.96. The first kappa shape index (κ1) is 22.0. The van der Waals surface area contributed by atoms with Gasteiger partial charge in [0.1, 0.15) is 5.76 Å². The molecule has 0 bridgehead atoms. The van der Waals surface area contributed by atoms with Crippen LogP contribution in [-0.4, -0.2) is 21.4 Å². The van der Waals surface area contributed by atoms with Crippen LogP contribution in [0.25, 0.3) is 16.7 Å². The van der Waals surface area contributed by atoms with Crippen LogP contribution >= 0.6 is 11.6 Å². The number of benzene rings is 3.